The third-order valence-electron chi connectivity index (χ3n) is 5.43. The van der Waals surface area contributed by atoms with E-state index >= 15 is 0 Å². The van der Waals surface area contributed by atoms with Crippen molar-refractivity contribution in [1.29, 1.82) is 0 Å². The van der Waals surface area contributed by atoms with Gasteiger partial charge in [-0.3, -0.25) is 4.79 Å². The lowest BCUT2D eigenvalue weighted by Crippen LogP contribution is -2.37. The molecule has 1 aromatic carbocycles. The molecule has 0 spiro atoms. The molecule has 0 aliphatic carbocycles. The summed E-state index contributed by atoms with van der Waals surface area (Å²) in [5.74, 6) is 0.842. The molecule has 1 saturated heterocycles. The Labute approximate surface area is 159 Å². The van der Waals surface area contributed by atoms with Gasteiger partial charge in [0.05, 0.1) is 5.92 Å². The standard InChI is InChI=1S/C23H34N2O/c1-5-10-19(6-2)20-13-16-25(17-14-20)18-15-22(23(26)24(3)4)21-11-8-7-9-12-21/h5-12,20,22H,13-18H2,1-4H3/b10-5-,19-6+. The maximum Gasteiger partial charge on any atom is 0.229 e. The summed E-state index contributed by atoms with van der Waals surface area (Å²) in [5.41, 5.74) is 2.60. The van der Waals surface area contributed by atoms with Crippen molar-refractivity contribution in [2.24, 2.45) is 5.92 Å². The molecule has 1 fully saturated rings. The van der Waals surface area contributed by atoms with Crippen molar-refractivity contribution in [2.75, 3.05) is 33.7 Å². The van der Waals surface area contributed by atoms with Crippen LogP contribution in [-0.2, 0) is 4.79 Å². The summed E-state index contributed by atoms with van der Waals surface area (Å²) >= 11 is 0. The lowest BCUT2D eigenvalue weighted by Gasteiger charge is -2.33. The molecule has 1 aromatic rings. The normalized spacial score (nSPS) is 18.2. The molecule has 0 saturated carbocycles. The second kappa shape index (κ2) is 10.3. The number of hydrogen-bond donors (Lipinski definition) is 0. The molecule has 3 nitrogen and oxygen atoms in total. The highest BCUT2D eigenvalue weighted by molar-refractivity contribution is 5.83. The molecule has 1 heterocycles. The summed E-state index contributed by atoms with van der Waals surface area (Å²) in [7, 11) is 3.70. The van der Waals surface area contributed by atoms with E-state index < -0.39 is 0 Å². The van der Waals surface area contributed by atoms with E-state index in [1.54, 1.807) is 4.90 Å². The van der Waals surface area contributed by atoms with E-state index in [0.29, 0.717) is 5.92 Å². The van der Waals surface area contributed by atoms with Gasteiger partial charge in [-0.15, -0.1) is 0 Å². The predicted octanol–water partition coefficient (Wildman–Crippen LogP) is 4.48. The van der Waals surface area contributed by atoms with Crippen molar-refractivity contribution in [3.05, 3.63) is 59.7 Å². The van der Waals surface area contributed by atoms with Gasteiger partial charge in [-0.25, -0.2) is 0 Å². The van der Waals surface area contributed by atoms with Gasteiger partial charge in [-0.2, -0.15) is 0 Å². The first kappa shape index (κ1) is 20.4. The van der Waals surface area contributed by atoms with E-state index in [9.17, 15) is 4.79 Å². The molecule has 0 radical (unpaired) electrons. The minimum absolute atomic E-state index is 0.0435. The molecule has 26 heavy (non-hydrogen) atoms. The molecular weight excluding hydrogens is 320 g/mol. The summed E-state index contributed by atoms with van der Waals surface area (Å²) in [5, 5.41) is 0. The number of carbonyl (C=O) groups excluding carboxylic acids is 1. The first-order valence-electron chi connectivity index (χ1n) is 9.84. The second-order valence-electron chi connectivity index (χ2n) is 7.39. The Hall–Kier alpha value is -1.87. The van der Waals surface area contributed by atoms with Crippen molar-refractivity contribution in [1.82, 2.24) is 9.80 Å². The Morgan fingerprint density at radius 2 is 1.85 bits per heavy atom. The fraction of sp³-hybridized carbons (Fsp3) is 0.522. The number of rotatable bonds is 7. The summed E-state index contributed by atoms with van der Waals surface area (Å²) in [4.78, 5) is 16.9. The predicted molar refractivity (Wildman–Crippen MR) is 110 cm³/mol. The second-order valence-corrected chi connectivity index (χ2v) is 7.39. The van der Waals surface area contributed by atoms with Gasteiger partial charge in [-0.1, -0.05) is 48.6 Å². The third kappa shape index (κ3) is 5.57. The number of benzene rings is 1. The van der Waals surface area contributed by atoms with Crippen LogP contribution in [0.2, 0.25) is 0 Å². The molecule has 1 aliphatic heterocycles. The Morgan fingerprint density at radius 1 is 1.19 bits per heavy atom. The number of carbonyl (C=O) groups is 1. The molecule has 3 heteroatoms. The first-order chi connectivity index (χ1) is 12.6. The minimum atomic E-state index is -0.0435. The van der Waals surface area contributed by atoms with Crippen LogP contribution in [-0.4, -0.2) is 49.4 Å². The largest absolute Gasteiger partial charge is 0.348 e. The number of likely N-dealkylation sites (N-methyl/N-ethyl adjacent to an activating group) is 1. The van der Waals surface area contributed by atoms with Crippen LogP contribution in [0.4, 0.5) is 0 Å². The fourth-order valence-electron chi connectivity index (χ4n) is 3.89. The van der Waals surface area contributed by atoms with Crippen LogP contribution in [0.5, 0.6) is 0 Å². The Morgan fingerprint density at radius 3 is 2.38 bits per heavy atom. The number of nitrogens with zero attached hydrogens (tertiary/aromatic N) is 2. The van der Waals surface area contributed by atoms with Crippen LogP contribution in [0, 0.1) is 5.92 Å². The third-order valence-corrected chi connectivity index (χ3v) is 5.43. The molecule has 1 atom stereocenters. The summed E-state index contributed by atoms with van der Waals surface area (Å²) < 4.78 is 0. The van der Waals surface area contributed by atoms with E-state index in [4.69, 9.17) is 0 Å². The van der Waals surface area contributed by atoms with Crippen LogP contribution >= 0.6 is 0 Å². The highest BCUT2D eigenvalue weighted by Crippen LogP contribution is 2.27. The smallest absolute Gasteiger partial charge is 0.229 e. The van der Waals surface area contributed by atoms with Crippen LogP contribution in [0.15, 0.2) is 54.1 Å². The molecule has 142 valence electrons. The van der Waals surface area contributed by atoms with E-state index in [0.717, 1.165) is 31.6 Å². The summed E-state index contributed by atoms with van der Waals surface area (Å²) in [6.07, 6.45) is 9.95. The van der Waals surface area contributed by atoms with Gasteiger partial charge in [0.1, 0.15) is 0 Å². The first-order valence-corrected chi connectivity index (χ1v) is 9.84. The molecule has 2 rings (SSSR count). The van der Waals surface area contributed by atoms with E-state index in [1.165, 1.54) is 18.4 Å². The average Bonchev–Trinajstić information content (AvgIpc) is 2.67. The van der Waals surface area contributed by atoms with Gasteiger partial charge in [0.2, 0.25) is 5.91 Å². The van der Waals surface area contributed by atoms with Crippen LogP contribution in [0.25, 0.3) is 0 Å². The van der Waals surface area contributed by atoms with Crippen molar-refractivity contribution in [3.63, 3.8) is 0 Å². The number of piperidine rings is 1. The summed E-state index contributed by atoms with van der Waals surface area (Å²) in [6, 6.07) is 10.2. The highest BCUT2D eigenvalue weighted by atomic mass is 16.2. The van der Waals surface area contributed by atoms with Gasteiger partial charge in [0.15, 0.2) is 0 Å². The lowest BCUT2D eigenvalue weighted by molar-refractivity contribution is -0.130. The van der Waals surface area contributed by atoms with Crippen molar-refractivity contribution in [2.45, 2.75) is 39.0 Å². The van der Waals surface area contributed by atoms with Gasteiger partial charge in [0.25, 0.3) is 0 Å². The number of allylic oxidation sites excluding steroid dienone is 4. The quantitative estimate of drug-likeness (QED) is 0.674. The van der Waals surface area contributed by atoms with Crippen molar-refractivity contribution in [3.8, 4) is 0 Å². The maximum atomic E-state index is 12.7. The zero-order valence-electron chi connectivity index (χ0n) is 16.8. The monoisotopic (exact) mass is 354 g/mol. The summed E-state index contributed by atoms with van der Waals surface area (Å²) in [6.45, 7) is 7.46. The zero-order valence-corrected chi connectivity index (χ0v) is 16.8. The molecule has 0 bridgehead atoms. The Bertz CT molecular complexity index is 610. The number of amides is 1. The van der Waals surface area contributed by atoms with Crippen LogP contribution in [0.1, 0.15) is 44.6 Å². The highest BCUT2D eigenvalue weighted by Gasteiger charge is 2.25. The van der Waals surface area contributed by atoms with Gasteiger partial charge >= 0.3 is 0 Å². The molecule has 0 N–H and O–H groups in total. The number of likely N-dealkylation sites (tertiary alicyclic amines) is 1. The minimum Gasteiger partial charge on any atom is -0.348 e. The average molecular weight is 355 g/mol. The zero-order chi connectivity index (χ0) is 18.9. The number of hydrogen-bond acceptors (Lipinski definition) is 2. The fourth-order valence-corrected chi connectivity index (χ4v) is 3.89. The van der Waals surface area contributed by atoms with Crippen molar-refractivity contribution >= 4 is 5.91 Å². The maximum absolute atomic E-state index is 12.7. The molecular formula is C23H34N2O. The molecule has 1 amide bonds. The van der Waals surface area contributed by atoms with Crippen LogP contribution in [0.3, 0.4) is 0 Å². The van der Waals surface area contributed by atoms with E-state index in [1.807, 2.05) is 32.3 Å². The lowest BCUT2D eigenvalue weighted by atomic mass is 9.88. The van der Waals surface area contributed by atoms with Crippen LogP contribution < -0.4 is 0 Å². The van der Waals surface area contributed by atoms with E-state index in [2.05, 4.69) is 49.1 Å². The molecule has 0 aromatic heterocycles. The molecule has 1 unspecified atom stereocenters. The van der Waals surface area contributed by atoms with Gasteiger partial charge in [0, 0.05) is 14.1 Å². The van der Waals surface area contributed by atoms with E-state index in [-0.39, 0.29) is 11.8 Å². The topological polar surface area (TPSA) is 23.6 Å². The SMILES string of the molecule is C/C=C\C(=C/C)C1CCN(CCC(C(=O)N(C)C)c2ccccc2)CC1. The Kier molecular flexibility index (Phi) is 8.11. The molecule has 1 aliphatic rings. The van der Waals surface area contributed by atoms with Crippen molar-refractivity contribution < 1.29 is 4.79 Å². The van der Waals surface area contributed by atoms with Gasteiger partial charge in [-0.05, 0) is 69.8 Å². The van der Waals surface area contributed by atoms with Gasteiger partial charge < -0.3 is 9.80 Å². The Balaban J connectivity index is 1.93.